The van der Waals surface area contributed by atoms with Crippen molar-refractivity contribution in [1.82, 2.24) is 10.2 Å². The molecule has 0 spiro atoms. The third kappa shape index (κ3) is 6.71. The molecule has 1 saturated heterocycles. The summed E-state index contributed by atoms with van der Waals surface area (Å²) in [7, 11) is 0. The van der Waals surface area contributed by atoms with Crippen molar-refractivity contribution < 1.29 is 9.59 Å². The SMILES string of the molecule is CC(C)(C)NC(=O)CC1(C2CCCCC2)CCN(C(=O)[C@H](N)Cc2ccc(Cl)cc2)CC1. The third-order valence-corrected chi connectivity index (χ3v) is 7.51. The number of nitrogens with one attached hydrogen (secondary N) is 1. The Kier molecular flexibility index (Phi) is 8.26. The minimum Gasteiger partial charge on any atom is -0.351 e. The molecule has 0 bridgehead atoms. The normalized spacial score (nSPS) is 20.6. The summed E-state index contributed by atoms with van der Waals surface area (Å²) in [4.78, 5) is 27.9. The van der Waals surface area contributed by atoms with Gasteiger partial charge in [0.2, 0.25) is 11.8 Å². The van der Waals surface area contributed by atoms with Gasteiger partial charge in [-0.2, -0.15) is 0 Å². The molecule has 5 nitrogen and oxygen atoms in total. The summed E-state index contributed by atoms with van der Waals surface area (Å²) in [6, 6.07) is 6.95. The first-order valence-corrected chi connectivity index (χ1v) is 12.6. The van der Waals surface area contributed by atoms with E-state index in [2.05, 4.69) is 5.32 Å². The molecule has 2 fully saturated rings. The Labute approximate surface area is 198 Å². The molecule has 0 radical (unpaired) electrons. The van der Waals surface area contributed by atoms with Crippen LogP contribution in [0.2, 0.25) is 5.02 Å². The molecular weight excluding hydrogens is 422 g/mol. The average molecular weight is 462 g/mol. The first-order valence-electron chi connectivity index (χ1n) is 12.2. The Morgan fingerprint density at radius 1 is 1.12 bits per heavy atom. The van der Waals surface area contributed by atoms with Gasteiger partial charge in [0.15, 0.2) is 0 Å². The maximum atomic E-state index is 13.1. The Morgan fingerprint density at radius 3 is 2.28 bits per heavy atom. The average Bonchev–Trinajstić information content (AvgIpc) is 2.74. The predicted molar refractivity (Wildman–Crippen MR) is 130 cm³/mol. The molecule has 1 saturated carbocycles. The number of benzene rings is 1. The number of nitrogens with two attached hydrogens (primary N) is 1. The summed E-state index contributed by atoms with van der Waals surface area (Å²) in [6.45, 7) is 7.46. The number of amides is 2. The van der Waals surface area contributed by atoms with Crippen LogP contribution in [-0.4, -0.2) is 41.4 Å². The zero-order valence-corrected chi connectivity index (χ0v) is 20.7. The van der Waals surface area contributed by atoms with Gasteiger partial charge in [-0.1, -0.05) is 43.0 Å². The summed E-state index contributed by atoms with van der Waals surface area (Å²) in [5.74, 6) is 0.723. The molecule has 1 atom stereocenters. The Balaban J connectivity index is 1.64. The van der Waals surface area contributed by atoms with E-state index < -0.39 is 6.04 Å². The van der Waals surface area contributed by atoms with Crippen molar-refractivity contribution in [3.05, 3.63) is 34.9 Å². The predicted octanol–water partition coefficient (Wildman–Crippen LogP) is 4.70. The van der Waals surface area contributed by atoms with E-state index in [1.165, 1.54) is 32.1 Å². The van der Waals surface area contributed by atoms with Gasteiger partial charge in [0.1, 0.15) is 0 Å². The smallest absolute Gasteiger partial charge is 0.239 e. The fourth-order valence-corrected chi connectivity index (χ4v) is 5.72. The summed E-state index contributed by atoms with van der Waals surface area (Å²) in [5.41, 5.74) is 7.07. The van der Waals surface area contributed by atoms with Crippen LogP contribution in [-0.2, 0) is 16.0 Å². The van der Waals surface area contributed by atoms with Crippen LogP contribution in [0.1, 0.15) is 77.7 Å². The quantitative estimate of drug-likeness (QED) is 0.644. The zero-order valence-electron chi connectivity index (χ0n) is 20.0. The molecule has 3 rings (SSSR count). The number of halogens is 1. The topological polar surface area (TPSA) is 75.4 Å². The van der Waals surface area contributed by atoms with E-state index >= 15 is 0 Å². The molecule has 0 unspecified atom stereocenters. The highest BCUT2D eigenvalue weighted by atomic mass is 35.5. The van der Waals surface area contributed by atoms with Crippen LogP contribution in [0.15, 0.2) is 24.3 Å². The van der Waals surface area contributed by atoms with Crippen molar-refractivity contribution in [2.45, 2.75) is 90.1 Å². The van der Waals surface area contributed by atoms with E-state index in [0.29, 0.717) is 36.9 Å². The van der Waals surface area contributed by atoms with Gasteiger partial charge >= 0.3 is 0 Å². The zero-order chi connectivity index (χ0) is 23.4. The van der Waals surface area contributed by atoms with Crippen molar-refractivity contribution >= 4 is 23.4 Å². The first-order chi connectivity index (χ1) is 15.1. The van der Waals surface area contributed by atoms with Crippen LogP contribution in [0.5, 0.6) is 0 Å². The summed E-state index contributed by atoms with van der Waals surface area (Å²) in [6.07, 6.45) is 9.04. The van der Waals surface area contributed by atoms with Crippen molar-refractivity contribution in [2.75, 3.05) is 13.1 Å². The number of hydrogen-bond donors (Lipinski definition) is 2. The van der Waals surface area contributed by atoms with Crippen LogP contribution >= 0.6 is 11.6 Å². The van der Waals surface area contributed by atoms with Gasteiger partial charge in [0, 0.05) is 30.1 Å². The maximum absolute atomic E-state index is 13.1. The molecule has 1 aromatic rings. The highest BCUT2D eigenvalue weighted by molar-refractivity contribution is 6.30. The highest BCUT2D eigenvalue weighted by Gasteiger charge is 2.44. The van der Waals surface area contributed by atoms with Crippen LogP contribution in [0.4, 0.5) is 0 Å². The number of nitrogens with zero attached hydrogens (tertiary/aromatic N) is 1. The van der Waals surface area contributed by atoms with Gasteiger partial charge in [-0.25, -0.2) is 0 Å². The molecule has 3 N–H and O–H groups in total. The number of hydrogen-bond acceptors (Lipinski definition) is 3. The molecule has 1 heterocycles. The molecule has 178 valence electrons. The Hall–Kier alpha value is -1.59. The fraction of sp³-hybridized carbons (Fsp3) is 0.692. The largest absolute Gasteiger partial charge is 0.351 e. The van der Waals surface area contributed by atoms with Gasteiger partial charge in [-0.3, -0.25) is 9.59 Å². The number of carbonyl (C=O) groups is 2. The summed E-state index contributed by atoms with van der Waals surface area (Å²) >= 11 is 5.96. The lowest BCUT2D eigenvalue weighted by atomic mass is 9.62. The first kappa shape index (κ1) is 25.0. The Bertz CT molecular complexity index is 773. The van der Waals surface area contributed by atoms with E-state index in [-0.39, 0.29) is 22.8 Å². The highest BCUT2D eigenvalue weighted by Crippen LogP contribution is 2.48. The second-order valence-electron chi connectivity index (χ2n) is 10.9. The van der Waals surface area contributed by atoms with E-state index in [1.54, 1.807) is 0 Å². The van der Waals surface area contributed by atoms with E-state index in [0.717, 1.165) is 18.4 Å². The molecule has 1 aromatic carbocycles. The van der Waals surface area contributed by atoms with Crippen LogP contribution < -0.4 is 11.1 Å². The van der Waals surface area contributed by atoms with Gasteiger partial charge in [-0.05, 0) is 81.9 Å². The lowest BCUT2D eigenvalue weighted by Gasteiger charge is -2.48. The molecule has 6 heteroatoms. The lowest BCUT2D eigenvalue weighted by molar-refractivity contribution is -0.137. The van der Waals surface area contributed by atoms with E-state index in [1.807, 2.05) is 49.9 Å². The molecule has 1 aliphatic heterocycles. The second kappa shape index (κ2) is 10.6. The third-order valence-electron chi connectivity index (χ3n) is 7.26. The minimum absolute atomic E-state index is 0.00714. The number of piperidine rings is 1. The summed E-state index contributed by atoms with van der Waals surface area (Å²) < 4.78 is 0. The van der Waals surface area contributed by atoms with Gasteiger partial charge in [0.05, 0.1) is 6.04 Å². The van der Waals surface area contributed by atoms with Gasteiger partial charge < -0.3 is 16.0 Å². The molecule has 32 heavy (non-hydrogen) atoms. The van der Waals surface area contributed by atoms with Crippen molar-refractivity contribution in [3.8, 4) is 0 Å². The van der Waals surface area contributed by atoms with Crippen molar-refractivity contribution in [3.63, 3.8) is 0 Å². The molecular formula is C26H40ClN3O2. The van der Waals surface area contributed by atoms with Crippen LogP contribution in [0, 0.1) is 11.3 Å². The molecule has 1 aliphatic carbocycles. The van der Waals surface area contributed by atoms with Crippen LogP contribution in [0.25, 0.3) is 0 Å². The molecule has 2 amide bonds. The fourth-order valence-electron chi connectivity index (χ4n) is 5.60. The van der Waals surface area contributed by atoms with Gasteiger partial charge in [0.25, 0.3) is 0 Å². The minimum atomic E-state index is -0.553. The Morgan fingerprint density at radius 2 is 1.72 bits per heavy atom. The number of rotatable bonds is 6. The molecule has 0 aromatic heterocycles. The van der Waals surface area contributed by atoms with Crippen LogP contribution in [0.3, 0.4) is 0 Å². The van der Waals surface area contributed by atoms with Crippen molar-refractivity contribution in [1.29, 1.82) is 0 Å². The summed E-state index contributed by atoms with van der Waals surface area (Å²) in [5, 5.41) is 3.84. The van der Waals surface area contributed by atoms with E-state index in [9.17, 15) is 9.59 Å². The number of carbonyl (C=O) groups excluding carboxylic acids is 2. The lowest BCUT2D eigenvalue weighted by Crippen LogP contribution is -2.53. The second-order valence-corrected chi connectivity index (χ2v) is 11.4. The molecule has 2 aliphatic rings. The maximum Gasteiger partial charge on any atom is 0.239 e. The van der Waals surface area contributed by atoms with Gasteiger partial charge in [-0.15, -0.1) is 0 Å². The number of likely N-dealkylation sites (tertiary alicyclic amines) is 1. The monoisotopic (exact) mass is 461 g/mol. The standard InChI is InChI=1S/C26H40ClN3O2/c1-25(2,3)29-23(31)18-26(20-7-5-4-6-8-20)13-15-30(16-14-26)24(32)22(28)17-19-9-11-21(27)12-10-19/h9-12,20,22H,4-8,13-18,28H2,1-3H3,(H,29,31)/t22-/m1/s1. The van der Waals surface area contributed by atoms with Crippen molar-refractivity contribution in [2.24, 2.45) is 17.1 Å². The van der Waals surface area contributed by atoms with E-state index in [4.69, 9.17) is 17.3 Å².